The van der Waals surface area contributed by atoms with Crippen LogP contribution in [0.25, 0.3) is 0 Å². The summed E-state index contributed by atoms with van der Waals surface area (Å²) in [5.41, 5.74) is 1.29. The standard InChI is InChI=1S/C27H46O3/c1-17(2)6-5-7-18(3)21-8-9-22-25-23(11-12-26(21,22)4)27(16-28)13-10-20(29)14-19(27)15-24(25)30/h15,17-18,20-25,28-30H,5-14,16H2,1-4H3/t18-,20+,21-,22+,23+,24+,25+,26-,27-/m1/s1. The average Bonchev–Trinajstić information content (AvgIpc) is 3.04. The quantitative estimate of drug-likeness (QED) is 0.511. The molecule has 9 atom stereocenters. The van der Waals surface area contributed by atoms with Crippen LogP contribution in [0, 0.1) is 46.3 Å². The highest BCUT2D eigenvalue weighted by molar-refractivity contribution is 5.29. The number of rotatable bonds is 6. The van der Waals surface area contributed by atoms with Crippen molar-refractivity contribution in [2.75, 3.05) is 6.61 Å². The minimum absolute atomic E-state index is 0.178. The molecule has 4 aliphatic rings. The molecule has 0 amide bonds. The fourth-order valence-corrected chi connectivity index (χ4v) is 8.76. The molecule has 3 N–H and O–H groups in total. The van der Waals surface area contributed by atoms with Gasteiger partial charge in [0.05, 0.1) is 18.8 Å². The van der Waals surface area contributed by atoms with Crippen molar-refractivity contribution >= 4 is 0 Å². The van der Waals surface area contributed by atoms with Gasteiger partial charge in [-0.3, -0.25) is 0 Å². The van der Waals surface area contributed by atoms with Crippen LogP contribution in [0.3, 0.4) is 0 Å². The first-order valence-corrected chi connectivity index (χ1v) is 12.9. The Balaban J connectivity index is 1.56. The molecule has 4 aliphatic carbocycles. The summed E-state index contributed by atoms with van der Waals surface area (Å²) in [6.45, 7) is 9.85. The molecule has 3 heteroatoms. The third-order valence-electron chi connectivity index (χ3n) is 10.3. The molecule has 0 aromatic carbocycles. The van der Waals surface area contributed by atoms with Crippen LogP contribution >= 0.6 is 0 Å². The maximum atomic E-state index is 11.3. The molecule has 3 fully saturated rings. The molecule has 0 aliphatic heterocycles. The van der Waals surface area contributed by atoms with Gasteiger partial charge in [0.25, 0.3) is 0 Å². The van der Waals surface area contributed by atoms with E-state index in [4.69, 9.17) is 0 Å². The molecule has 0 heterocycles. The molecule has 0 aromatic heterocycles. The second-order valence-corrected chi connectivity index (χ2v) is 12.2. The third-order valence-corrected chi connectivity index (χ3v) is 10.3. The largest absolute Gasteiger partial charge is 0.395 e. The SMILES string of the molecule is CC(C)CCC[C@@H](C)[C@H]1CC[C@H]2[C@@H]3[C@@H](O)C=C4C[C@@H](O)CC[C@]4(CO)[C@H]3CC[C@]12C. The summed E-state index contributed by atoms with van der Waals surface area (Å²) in [5, 5.41) is 32.1. The van der Waals surface area contributed by atoms with Crippen molar-refractivity contribution in [3.8, 4) is 0 Å². The van der Waals surface area contributed by atoms with Crippen molar-refractivity contribution in [3.63, 3.8) is 0 Å². The molecular formula is C27H46O3. The van der Waals surface area contributed by atoms with E-state index in [1.54, 1.807) is 0 Å². The highest BCUT2D eigenvalue weighted by Crippen LogP contribution is 2.67. The normalized spacial score (nSPS) is 46.7. The lowest BCUT2D eigenvalue weighted by Crippen LogP contribution is -2.57. The van der Waals surface area contributed by atoms with E-state index in [1.165, 1.54) is 38.5 Å². The zero-order valence-corrected chi connectivity index (χ0v) is 19.8. The van der Waals surface area contributed by atoms with Gasteiger partial charge in [0.1, 0.15) is 0 Å². The van der Waals surface area contributed by atoms with Gasteiger partial charge in [-0.2, -0.15) is 0 Å². The lowest BCUT2D eigenvalue weighted by atomic mass is 9.46. The fraction of sp³-hybridized carbons (Fsp3) is 0.926. The summed E-state index contributed by atoms with van der Waals surface area (Å²) < 4.78 is 0. The lowest BCUT2D eigenvalue weighted by Gasteiger charge is -2.60. The molecule has 0 aromatic rings. The summed E-state index contributed by atoms with van der Waals surface area (Å²) in [5.74, 6) is 3.55. The predicted octanol–water partition coefficient (Wildman–Crippen LogP) is 5.33. The van der Waals surface area contributed by atoms with Crippen LogP contribution < -0.4 is 0 Å². The molecule has 3 saturated carbocycles. The summed E-state index contributed by atoms with van der Waals surface area (Å²) in [4.78, 5) is 0. The second-order valence-electron chi connectivity index (χ2n) is 12.2. The minimum Gasteiger partial charge on any atom is -0.395 e. The van der Waals surface area contributed by atoms with E-state index in [9.17, 15) is 15.3 Å². The Hall–Kier alpha value is -0.380. The second kappa shape index (κ2) is 8.52. The van der Waals surface area contributed by atoms with Crippen LogP contribution in [0.15, 0.2) is 11.6 Å². The van der Waals surface area contributed by atoms with Crippen molar-refractivity contribution in [2.45, 2.75) is 104 Å². The molecule has 30 heavy (non-hydrogen) atoms. The van der Waals surface area contributed by atoms with Crippen LogP contribution in [-0.4, -0.2) is 34.1 Å². The monoisotopic (exact) mass is 418 g/mol. The van der Waals surface area contributed by atoms with Crippen LogP contribution in [-0.2, 0) is 0 Å². The number of aliphatic hydroxyl groups is 3. The van der Waals surface area contributed by atoms with Gasteiger partial charge in [-0.15, -0.1) is 0 Å². The topological polar surface area (TPSA) is 60.7 Å². The first kappa shape index (κ1) is 22.8. The Morgan fingerprint density at radius 3 is 2.47 bits per heavy atom. The molecule has 0 unspecified atom stereocenters. The van der Waals surface area contributed by atoms with Crippen LogP contribution in [0.1, 0.15) is 91.9 Å². The highest BCUT2D eigenvalue weighted by Gasteiger charge is 2.62. The van der Waals surface area contributed by atoms with E-state index in [0.29, 0.717) is 23.7 Å². The van der Waals surface area contributed by atoms with E-state index in [0.717, 1.165) is 42.6 Å². The van der Waals surface area contributed by atoms with Crippen molar-refractivity contribution < 1.29 is 15.3 Å². The van der Waals surface area contributed by atoms with E-state index < -0.39 is 6.10 Å². The zero-order valence-electron chi connectivity index (χ0n) is 19.8. The maximum Gasteiger partial charge on any atom is 0.0757 e. The lowest BCUT2D eigenvalue weighted by molar-refractivity contribution is -0.114. The van der Waals surface area contributed by atoms with E-state index in [2.05, 4.69) is 33.8 Å². The molecular weight excluding hydrogens is 372 g/mol. The fourth-order valence-electron chi connectivity index (χ4n) is 8.76. The van der Waals surface area contributed by atoms with Crippen LogP contribution in [0.4, 0.5) is 0 Å². The van der Waals surface area contributed by atoms with Crippen molar-refractivity contribution in [1.29, 1.82) is 0 Å². The number of hydrogen-bond donors (Lipinski definition) is 3. The summed E-state index contributed by atoms with van der Waals surface area (Å²) >= 11 is 0. The molecule has 172 valence electrons. The molecule has 0 bridgehead atoms. The number of hydrogen-bond acceptors (Lipinski definition) is 3. The summed E-state index contributed by atoms with van der Waals surface area (Å²) in [7, 11) is 0. The van der Waals surface area contributed by atoms with Crippen LogP contribution in [0.2, 0.25) is 0 Å². The number of fused-ring (bicyclic) bond motifs is 5. The van der Waals surface area contributed by atoms with E-state index >= 15 is 0 Å². The van der Waals surface area contributed by atoms with Gasteiger partial charge < -0.3 is 15.3 Å². The van der Waals surface area contributed by atoms with Crippen molar-refractivity contribution in [1.82, 2.24) is 0 Å². The molecule has 0 radical (unpaired) electrons. The van der Waals surface area contributed by atoms with E-state index in [-0.39, 0.29) is 24.0 Å². The predicted molar refractivity (Wildman–Crippen MR) is 122 cm³/mol. The average molecular weight is 419 g/mol. The van der Waals surface area contributed by atoms with Gasteiger partial charge in [0.2, 0.25) is 0 Å². The van der Waals surface area contributed by atoms with Crippen LogP contribution in [0.5, 0.6) is 0 Å². The Labute approximate surface area is 184 Å². The Morgan fingerprint density at radius 1 is 1.00 bits per heavy atom. The van der Waals surface area contributed by atoms with E-state index in [1.807, 2.05) is 0 Å². The molecule has 0 saturated heterocycles. The van der Waals surface area contributed by atoms with Gasteiger partial charge in [-0.25, -0.2) is 0 Å². The van der Waals surface area contributed by atoms with Gasteiger partial charge in [-0.05, 0) is 85.9 Å². The molecule has 4 rings (SSSR count). The Kier molecular flexibility index (Phi) is 6.48. The first-order valence-electron chi connectivity index (χ1n) is 12.9. The number of aliphatic hydroxyl groups excluding tert-OH is 3. The summed E-state index contributed by atoms with van der Waals surface area (Å²) in [6.07, 6.45) is 12.6. The van der Waals surface area contributed by atoms with Gasteiger partial charge >= 0.3 is 0 Å². The first-order chi connectivity index (χ1) is 14.2. The smallest absolute Gasteiger partial charge is 0.0757 e. The highest BCUT2D eigenvalue weighted by atomic mass is 16.3. The third kappa shape index (κ3) is 3.61. The Bertz CT molecular complexity index is 642. The molecule has 3 nitrogen and oxygen atoms in total. The van der Waals surface area contributed by atoms with Gasteiger partial charge in [-0.1, -0.05) is 58.6 Å². The summed E-state index contributed by atoms with van der Waals surface area (Å²) in [6, 6.07) is 0. The van der Waals surface area contributed by atoms with Gasteiger partial charge in [0, 0.05) is 5.41 Å². The zero-order chi connectivity index (χ0) is 21.7. The minimum atomic E-state index is -0.408. The van der Waals surface area contributed by atoms with Crippen molar-refractivity contribution in [3.05, 3.63) is 11.6 Å². The van der Waals surface area contributed by atoms with Crippen molar-refractivity contribution in [2.24, 2.45) is 46.3 Å². The maximum absolute atomic E-state index is 11.3. The van der Waals surface area contributed by atoms with Gasteiger partial charge in [0.15, 0.2) is 0 Å². The Morgan fingerprint density at radius 2 is 1.77 bits per heavy atom. The molecule has 0 spiro atoms.